The number of aliphatic hydroxyl groups excluding tert-OH is 1. The number of carbonyl (C=O) groups excluding carboxylic acids is 1. The predicted octanol–water partition coefficient (Wildman–Crippen LogP) is 1.56. The van der Waals surface area contributed by atoms with Crippen molar-refractivity contribution in [2.24, 2.45) is 0 Å². The molecule has 1 aromatic heterocycles. The van der Waals surface area contributed by atoms with E-state index < -0.39 is 6.10 Å². The number of nitrogens with zero attached hydrogens (tertiary/aromatic N) is 2. The summed E-state index contributed by atoms with van der Waals surface area (Å²) in [6, 6.07) is 9.47. The molecule has 0 unspecified atom stereocenters. The van der Waals surface area contributed by atoms with Gasteiger partial charge in [0.25, 0.3) is 0 Å². The molecule has 7 heteroatoms. The lowest BCUT2D eigenvalue weighted by Gasteiger charge is -2.36. The summed E-state index contributed by atoms with van der Waals surface area (Å²) in [5, 5.41) is 17.3. The SMILES string of the molecule is Cc1noc(C)c1CN1CC[C@@H](NC(=O)COCc2ccccc2)[C@H](O)C1. The highest BCUT2D eigenvalue weighted by molar-refractivity contribution is 5.77. The first-order chi connectivity index (χ1) is 13.0. The van der Waals surface area contributed by atoms with Crippen molar-refractivity contribution >= 4 is 5.91 Å². The molecule has 27 heavy (non-hydrogen) atoms. The van der Waals surface area contributed by atoms with Gasteiger partial charge >= 0.3 is 0 Å². The molecule has 1 aliphatic heterocycles. The van der Waals surface area contributed by atoms with E-state index in [0.29, 0.717) is 26.1 Å². The number of aliphatic hydroxyl groups is 1. The van der Waals surface area contributed by atoms with Crippen LogP contribution in [0, 0.1) is 13.8 Å². The molecule has 146 valence electrons. The highest BCUT2D eigenvalue weighted by Gasteiger charge is 2.29. The second-order valence-corrected chi connectivity index (χ2v) is 7.05. The van der Waals surface area contributed by atoms with Gasteiger partial charge in [-0.15, -0.1) is 0 Å². The zero-order chi connectivity index (χ0) is 19.2. The minimum atomic E-state index is -0.614. The number of piperidine rings is 1. The van der Waals surface area contributed by atoms with Crippen LogP contribution in [0.25, 0.3) is 0 Å². The van der Waals surface area contributed by atoms with Crippen molar-refractivity contribution in [2.45, 2.75) is 45.6 Å². The Kier molecular flexibility index (Phi) is 6.60. The molecule has 1 saturated heterocycles. The summed E-state index contributed by atoms with van der Waals surface area (Å²) >= 11 is 0. The Hall–Kier alpha value is -2.22. The third-order valence-electron chi connectivity index (χ3n) is 4.92. The van der Waals surface area contributed by atoms with Gasteiger partial charge in [-0.1, -0.05) is 35.5 Å². The van der Waals surface area contributed by atoms with Gasteiger partial charge in [-0.3, -0.25) is 9.69 Å². The first kappa shape index (κ1) is 19.5. The molecule has 0 spiro atoms. The van der Waals surface area contributed by atoms with Crippen molar-refractivity contribution in [3.8, 4) is 0 Å². The number of likely N-dealkylation sites (tertiary alicyclic amines) is 1. The lowest BCUT2D eigenvalue weighted by Crippen LogP contribution is -2.54. The Morgan fingerprint density at radius 1 is 1.37 bits per heavy atom. The van der Waals surface area contributed by atoms with Crippen LogP contribution in [0.3, 0.4) is 0 Å². The Labute approximate surface area is 159 Å². The number of nitrogens with one attached hydrogen (secondary N) is 1. The van der Waals surface area contributed by atoms with E-state index in [1.165, 1.54) is 0 Å². The molecule has 1 aliphatic rings. The van der Waals surface area contributed by atoms with E-state index in [0.717, 1.165) is 29.1 Å². The minimum Gasteiger partial charge on any atom is -0.390 e. The van der Waals surface area contributed by atoms with Crippen molar-refractivity contribution in [1.82, 2.24) is 15.4 Å². The zero-order valence-electron chi connectivity index (χ0n) is 15.9. The van der Waals surface area contributed by atoms with Crippen LogP contribution in [-0.4, -0.2) is 52.9 Å². The van der Waals surface area contributed by atoms with Crippen LogP contribution in [0.1, 0.15) is 29.0 Å². The molecule has 7 nitrogen and oxygen atoms in total. The van der Waals surface area contributed by atoms with Gasteiger partial charge in [-0.2, -0.15) is 0 Å². The van der Waals surface area contributed by atoms with Crippen molar-refractivity contribution in [3.05, 3.63) is 52.9 Å². The maximum Gasteiger partial charge on any atom is 0.246 e. The van der Waals surface area contributed by atoms with Gasteiger partial charge in [0.15, 0.2) is 0 Å². The summed E-state index contributed by atoms with van der Waals surface area (Å²) in [7, 11) is 0. The Morgan fingerprint density at radius 3 is 2.81 bits per heavy atom. The Balaban J connectivity index is 1.41. The molecule has 2 N–H and O–H groups in total. The second kappa shape index (κ2) is 9.12. The molecule has 0 bridgehead atoms. The third kappa shape index (κ3) is 5.38. The molecule has 0 saturated carbocycles. The van der Waals surface area contributed by atoms with Gasteiger partial charge < -0.3 is 19.7 Å². The largest absolute Gasteiger partial charge is 0.390 e. The van der Waals surface area contributed by atoms with Crippen LogP contribution < -0.4 is 5.32 Å². The minimum absolute atomic E-state index is 0.0130. The molecule has 0 aliphatic carbocycles. The fraction of sp³-hybridized carbons (Fsp3) is 0.500. The molecular formula is C20H27N3O4. The summed E-state index contributed by atoms with van der Waals surface area (Å²) in [5.41, 5.74) is 2.98. The van der Waals surface area contributed by atoms with E-state index in [-0.39, 0.29) is 18.6 Å². The number of rotatable bonds is 7. The number of hydrogen-bond donors (Lipinski definition) is 2. The fourth-order valence-electron chi connectivity index (χ4n) is 3.34. The molecule has 2 heterocycles. The monoisotopic (exact) mass is 373 g/mol. The first-order valence-corrected chi connectivity index (χ1v) is 9.26. The van der Waals surface area contributed by atoms with Gasteiger partial charge in [0.05, 0.1) is 24.4 Å². The normalized spacial score (nSPS) is 20.6. The predicted molar refractivity (Wildman–Crippen MR) is 99.9 cm³/mol. The van der Waals surface area contributed by atoms with Gasteiger partial charge in [0.2, 0.25) is 5.91 Å². The highest BCUT2D eigenvalue weighted by atomic mass is 16.5. The van der Waals surface area contributed by atoms with Crippen molar-refractivity contribution in [1.29, 1.82) is 0 Å². The quantitative estimate of drug-likeness (QED) is 0.766. The van der Waals surface area contributed by atoms with E-state index >= 15 is 0 Å². The number of aromatic nitrogens is 1. The molecular weight excluding hydrogens is 346 g/mol. The molecule has 2 aromatic rings. The standard InChI is InChI=1S/C20H27N3O4/c1-14-17(15(2)27-22-14)10-23-9-8-18(19(24)11-23)21-20(25)13-26-12-16-6-4-3-5-7-16/h3-7,18-19,24H,8-13H2,1-2H3,(H,21,25)/t18-,19-/m1/s1. The van der Waals surface area contributed by atoms with Gasteiger partial charge in [-0.05, 0) is 25.8 Å². The molecule has 0 radical (unpaired) electrons. The lowest BCUT2D eigenvalue weighted by atomic mass is 10.0. The van der Waals surface area contributed by atoms with Gasteiger partial charge in [-0.25, -0.2) is 0 Å². The summed E-state index contributed by atoms with van der Waals surface area (Å²) in [5.74, 6) is 0.613. The van der Waals surface area contributed by atoms with Crippen LogP contribution in [-0.2, 0) is 22.7 Å². The van der Waals surface area contributed by atoms with Crippen LogP contribution in [0.15, 0.2) is 34.9 Å². The average Bonchev–Trinajstić information content (AvgIpc) is 2.97. The number of amides is 1. The van der Waals surface area contributed by atoms with Crippen molar-refractivity contribution < 1.29 is 19.2 Å². The highest BCUT2D eigenvalue weighted by Crippen LogP contribution is 2.19. The van der Waals surface area contributed by atoms with E-state index in [1.807, 2.05) is 44.2 Å². The number of ether oxygens (including phenoxy) is 1. The smallest absolute Gasteiger partial charge is 0.246 e. The van der Waals surface area contributed by atoms with E-state index in [2.05, 4.69) is 15.4 Å². The summed E-state index contributed by atoms with van der Waals surface area (Å²) in [6.07, 6.45) is 0.0758. The van der Waals surface area contributed by atoms with Gasteiger partial charge in [0.1, 0.15) is 12.4 Å². The Bertz CT molecular complexity index is 727. The maximum absolute atomic E-state index is 12.1. The number of β-amino-alcohol motifs (C(OH)–C–C–N with tert-alkyl or cyclic N) is 1. The topological polar surface area (TPSA) is 87.8 Å². The van der Waals surface area contributed by atoms with Crippen LogP contribution in [0.4, 0.5) is 0 Å². The zero-order valence-corrected chi connectivity index (χ0v) is 15.9. The van der Waals surface area contributed by atoms with Crippen molar-refractivity contribution in [3.63, 3.8) is 0 Å². The van der Waals surface area contributed by atoms with Gasteiger partial charge in [0, 0.05) is 25.2 Å². The lowest BCUT2D eigenvalue weighted by molar-refractivity contribution is -0.128. The molecule has 1 amide bonds. The van der Waals surface area contributed by atoms with Crippen LogP contribution in [0.5, 0.6) is 0 Å². The van der Waals surface area contributed by atoms with Crippen LogP contribution >= 0.6 is 0 Å². The summed E-state index contributed by atoms with van der Waals surface area (Å²) < 4.78 is 10.7. The summed E-state index contributed by atoms with van der Waals surface area (Å²) in [6.45, 7) is 6.18. The Morgan fingerprint density at radius 2 is 2.15 bits per heavy atom. The van der Waals surface area contributed by atoms with E-state index in [4.69, 9.17) is 9.26 Å². The number of hydrogen-bond acceptors (Lipinski definition) is 6. The molecule has 1 aromatic carbocycles. The average molecular weight is 373 g/mol. The van der Waals surface area contributed by atoms with E-state index in [1.54, 1.807) is 0 Å². The number of carbonyl (C=O) groups is 1. The maximum atomic E-state index is 12.1. The van der Waals surface area contributed by atoms with Crippen molar-refractivity contribution in [2.75, 3.05) is 19.7 Å². The summed E-state index contributed by atoms with van der Waals surface area (Å²) in [4.78, 5) is 14.3. The second-order valence-electron chi connectivity index (χ2n) is 7.05. The van der Waals surface area contributed by atoms with Crippen LogP contribution in [0.2, 0.25) is 0 Å². The first-order valence-electron chi connectivity index (χ1n) is 9.26. The number of aryl methyl sites for hydroxylation is 2. The van der Waals surface area contributed by atoms with E-state index in [9.17, 15) is 9.90 Å². The third-order valence-corrected chi connectivity index (χ3v) is 4.92. The molecule has 1 fully saturated rings. The fourth-order valence-corrected chi connectivity index (χ4v) is 3.34. The number of benzene rings is 1. The molecule has 2 atom stereocenters. The molecule has 3 rings (SSSR count).